The van der Waals surface area contributed by atoms with Crippen molar-refractivity contribution in [1.29, 1.82) is 0 Å². The molecule has 0 aliphatic carbocycles. The summed E-state index contributed by atoms with van der Waals surface area (Å²) >= 11 is 0. The van der Waals surface area contributed by atoms with E-state index in [1.807, 2.05) is 13.8 Å². The van der Waals surface area contributed by atoms with Crippen LogP contribution in [0.25, 0.3) is 0 Å². The summed E-state index contributed by atoms with van der Waals surface area (Å²) in [7, 11) is 1.69. The number of carbonyl (C=O) groups excluding carboxylic acids is 1. The van der Waals surface area contributed by atoms with E-state index in [-0.39, 0.29) is 17.4 Å². The molecule has 110 valence electrons. The topological polar surface area (TPSA) is 83.6 Å². The van der Waals surface area contributed by atoms with E-state index in [0.29, 0.717) is 13.0 Å². The third-order valence-electron chi connectivity index (χ3n) is 3.34. The molecule has 1 rings (SSSR count). The number of likely N-dealkylation sites (N-methyl/N-ethyl adjacent to an activating group) is 1. The number of carboxylic acids is 1. The predicted molar refractivity (Wildman–Crippen MR) is 77.6 cm³/mol. The zero-order chi connectivity index (χ0) is 15.3. The minimum Gasteiger partial charge on any atom is -0.478 e. The lowest BCUT2D eigenvalue weighted by Crippen LogP contribution is -2.45. The van der Waals surface area contributed by atoms with Crippen LogP contribution in [0.15, 0.2) is 24.3 Å². The Morgan fingerprint density at radius 2 is 1.90 bits per heavy atom. The van der Waals surface area contributed by atoms with E-state index in [1.165, 1.54) is 0 Å². The van der Waals surface area contributed by atoms with E-state index in [9.17, 15) is 9.59 Å². The molecule has 5 nitrogen and oxygen atoms in total. The summed E-state index contributed by atoms with van der Waals surface area (Å²) in [5.74, 6) is -0.988. The van der Waals surface area contributed by atoms with Crippen LogP contribution in [0.3, 0.4) is 0 Å². The fourth-order valence-electron chi connectivity index (χ4n) is 1.88. The van der Waals surface area contributed by atoms with E-state index >= 15 is 0 Å². The van der Waals surface area contributed by atoms with Crippen LogP contribution in [0.4, 0.5) is 0 Å². The maximum absolute atomic E-state index is 12.0. The Morgan fingerprint density at radius 1 is 1.30 bits per heavy atom. The van der Waals surface area contributed by atoms with E-state index in [2.05, 4.69) is 0 Å². The van der Waals surface area contributed by atoms with Crippen molar-refractivity contribution in [3.05, 3.63) is 35.4 Å². The van der Waals surface area contributed by atoms with Crippen LogP contribution in [-0.4, -0.2) is 41.5 Å². The van der Waals surface area contributed by atoms with Gasteiger partial charge in [-0.25, -0.2) is 4.79 Å². The fourth-order valence-corrected chi connectivity index (χ4v) is 1.88. The van der Waals surface area contributed by atoms with Crippen LogP contribution >= 0.6 is 0 Å². The summed E-state index contributed by atoms with van der Waals surface area (Å²) in [6.07, 6.45) is 0.496. The molecule has 0 saturated heterocycles. The standard InChI is InChI=1S/C15H22N2O3/c1-10(2)13(16)14(18)17(3)9-8-11-6-4-5-7-12(11)15(19)20/h4-7,10,13H,8-9,16H2,1-3H3,(H,19,20). The van der Waals surface area contributed by atoms with Crippen LogP contribution < -0.4 is 5.73 Å². The summed E-state index contributed by atoms with van der Waals surface area (Å²) in [5.41, 5.74) is 6.82. The van der Waals surface area contributed by atoms with Gasteiger partial charge in [-0.15, -0.1) is 0 Å². The number of nitrogens with two attached hydrogens (primary N) is 1. The molecule has 0 radical (unpaired) electrons. The van der Waals surface area contributed by atoms with Crippen LogP contribution in [-0.2, 0) is 11.2 Å². The van der Waals surface area contributed by atoms with Gasteiger partial charge in [-0.3, -0.25) is 4.79 Å². The first kappa shape index (κ1) is 16.2. The van der Waals surface area contributed by atoms with Gasteiger partial charge in [0.1, 0.15) is 0 Å². The van der Waals surface area contributed by atoms with Crippen molar-refractivity contribution in [2.75, 3.05) is 13.6 Å². The zero-order valence-electron chi connectivity index (χ0n) is 12.2. The van der Waals surface area contributed by atoms with Crippen LogP contribution in [0.5, 0.6) is 0 Å². The average molecular weight is 278 g/mol. The predicted octanol–water partition coefficient (Wildman–Crippen LogP) is 1.37. The van der Waals surface area contributed by atoms with Gasteiger partial charge in [0.05, 0.1) is 11.6 Å². The Hall–Kier alpha value is -1.88. The van der Waals surface area contributed by atoms with Gasteiger partial charge < -0.3 is 15.7 Å². The van der Waals surface area contributed by atoms with Crippen molar-refractivity contribution in [2.24, 2.45) is 11.7 Å². The lowest BCUT2D eigenvalue weighted by molar-refractivity contribution is -0.132. The summed E-state index contributed by atoms with van der Waals surface area (Å²) in [5, 5.41) is 9.10. The number of nitrogens with zero attached hydrogens (tertiary/aromatic N) is 1. The van der Waals surface area contributed by atoms with Crippen LogP contribution in [0.1, 0.15) is 29.8 Å². The number of aromatic carboxylic acids is 1. The minimum atomic E-state index is -0.950. The highest BCUT2D eigenvalue weighted by Crippen LogP contribution is 2.11. The molecule has 1 aromatic rings. The van der Waals surface area contributed by atoms with Crippen molar-refractivity contribution in [3.63, 3.8) is 0 Å². The number of rotatable bonds is 6. The van der Waals surface area contributed by atoms with E-state index in [4.69, 9.17) is 10.8 Å². The highest BCUT2D eigenvalue weighted by atomic mass is 16.4. The monoisotopic (exact) mass is 278 g/mol. The van der Waals surface area contributed by atoms with E-state index in [1.54, 1.807) is 36.2 Å². The number of benzene rings is 1. The molecule has 0 spiro atoms. The molecule has 0 aliphatic rings. The van der Waals surface area contributed by atoms with E-state index < -0.39 is 12.0 Å². The third-order valence-corrected chi connectivity index (χ3v) is 3.34. The molecular formula is C15H22N2O3. The summed E-state index contributed by atoms with van der Waals surface area (Å²) in [4.78, 5) is 24.7. The van der Waals surface area contributed by atoms with Crippen molar-refractivity contribution in [1.82, 2.24) is 4.90 Å². The van der Waals surface area contributed by atoms with Gasteiger partial charge in [0.15, 0.2) is 0 Å². The number of amides is 1. The second kappa shape index (κ2) is 7.05. The molecule has 0 saturated carbocycles. The van der Waals surface area contributed by atoms with Gasteiger partial charge in [-0.05, 0) is 24.0 Å². The average Bonchev–Trinajstić information content (AvgIpc) is 2.43. The molecule has 0 aliphatic heterocycles. The molecule has 1 unspecified atom stereocenters. The molecule has 0 fully saturated rings. The van der Waals surface area contributed by atoms with Gasteiger partial charge in [-0.2, -0.15) is 0 Å². The lowest BCUT2D eigenvalue weighted by atomic mass is 10.0. The number of hydrogen-bond acceptors (Lipinski definition) is 3. The van der Waals surface area contributed by atoms with Crippen molar-refractivity contribution >= 4 is 11.9 Å². The summed E-state index contributed by atoms with van der Waals surface area (Å²) < 4.78 is 0. The maximum Gasteiger partial charge on any atom is 0.335 e. The first-order chi connectivity index (χ1) is 9.34. The normalized spacial score (nSPS) is 12.2. The minimum absolute atomic E-state index is 0.0799. The quantitative estimate of drug-likeness (QED) is 0.823. The zero-order valence-corrected chi connectivity index (χ0v) is 12.2. The second-order valence-corrected chi connectivity index (χ2v) is 5.24. The SMILES string of the molecule is CC(C)C(N)C(=O)N(C)CCc1ccccc1C(=O)O. The fraction of sp³-hybridized carbons (Fsp3) is 0.467. The van der Waals surface area contributed by atoms with Gasteiger partial charge in [0, 0.05) is 13.6 Å². The Labute approximate surface area is 119 Å². The molecular weight excluding hydrogens is 256 g/mol. The number of hydrogen-bond donors (Lipinski definition) is 2. The Kier molecular flexibility index (Phi) is 5.70. The highest BCUT2D eigenvalue weighted by molar-refractivity contribution is 5.89. The smallest absolute Gasteiger partial charge is 0.335 e. The molecule has 1 aromatic carbocycles. The summed E-state index contributed by atoms with van der Waals surface area (Å²) in [6.45, 7) is 4.25. The van der Waals surface area contributed by atoms with Crippen molar-refractivity contribution in [2.45, 2.75) is 26.3 Å². The Bertz CT molecular complexity index is 486. The molecule has 3 N–H and O–H groups in total. The third kappa shape index (κ3) is 4.06. The number of carboxylic acid groups (broad SMARTS) is 1. The Morgan fingerprint density at radius 3 is 2.45 bits per heavy atom. The van der Waals surface area contributed by atoms with Crippen LogP contribution in [0.2, 0.25) is 0 Å². The maximum atomic E-state index is 12.0. The summed E-state index contributed by atoms with van der Waals surface area (Å²) in [6, 6.07) is 6.30. The van der Waals surface area contributed by atoms with Gasteiger partial charge in [-0.1, -0.05) is 32.0 Å². The molecule has 0 aromatic heterocycles. The van der Waals surface area contributed by atoms with Crippen molar-refractivity contribution < 1.29 is 14.7 Å². The van der Waals surface area contributed by atoms with E-state index in [0.717, 1.165) is 5.56 Å². The molecule has 5 heteroatoms. The van der Waals surface area contributed by atoms with Gasteiger partial charge in [0.25, 0.3) is 0 Å². The second-order valence-electron chi connectivity index (χ2n) is 5.24. The van der Waals surface area contributed by atoms with Gasteiger partial charge >= 0.3 is 5.97 Å². The molecule has 20 heavy (non-hydrogen) atoms. The lowest BCUT2D eigenvalue weighted by Gasteiger charge is -2.23. The highest BCUT2D eigenvalue weighted by Gasteiger charge is 2.21. The van der Waals surface area contributed by atoms with Crippen molar-refractivity contribution in [3.8, 4) is 0 Å². The number of carbonyl (C=O) groups is 2. The first-order valence-electron chi connectivity index (χ1n) is 6.66. The van der Waals surface area contributed by atoms with Gasteiger partial charge in [0.2, 0.25) is 5.91 Å². The molecule has 1 atom stereocenters. The van der Waals surface area contributed by atoms with Crippen LogP contribution in [0, 0.1) is 5.92 Å². The first-order valence-corrected chi connectivity index (χ1v) is 6.66. The largest absolute Gasteiger partial charge is 0.478 e. The molecule has 1 amide bonds. The Balaban J connectivity index is 2.68. The molecule has 0 bridgehead atoms. The molecule has 0 heterocycles.